The van der Waals surface area contributed by atoms with E-state index in [1.807, 2.05) is 36.4 Å². The third-order valence-electron chi connectivity index (χ3n) is 7.06. The zero-order chi connectivity index (χ0) is 26.9. The summed E-state index contributed by atoms with van der Waals surface area (Å²) in [7, 11) is 0. The summed E-state index contributed by atoms with van der Waals surface area (Å²) in [4.78, 5) is 50.3. The van der Waals surface area contributed by atoms with E-state index in [-0.39, 0.29) is 29.9 Å². The van der Waals surface area contributed by atoms with Crippen molar-refractivity contribution < 1.29 is 14.4 Å². The van der Waals surface area contributed by atoms with Gasteiger partial charge in [0.2, 0.25) is 5.91 Å². The topological polar surface area (TPSA) is 116 Å². The van der Waals surface area contributed by atoms with Gasteiger partial charge in [0.25, 0.3) is 5.91 Å². The molecule has 1 aliphatic carbocycles. The number of thiophene rings is 1. The van der Waals surface area contributed by atoms with Crippen LogP contribution < -0.4 is 20.9 Å². The van der Waals surface area contributed by atoms with Crippen LogP contribution in [0.3, 0.4) is 0 Å². The second-order valence-corrected chi connectivity index (χ2v) is 10.6. The quantitative estimate of drug-likeness (QED) is 0.285. The van der Waals surface area contributed by atoms with Gasteiger partial charge in [0, 0.05) is 30.0 Å². The van der Waals surface area contributed by atoms with Crippen LogP contribution in [-0.4, -0.2) is 39.9 Å². The fourth-order valence-corrected chi connectivity index (χ4v) is 6.31. The molecule has 0 radical (unpaired) electrons. The highest BCUT2D eigenvalue weighted by Crippen LogP contribution is 2.46. The van der Waals surface area contributed by atoms with E-state index in [4.69, 9.17) is 0 Å². The molecule has 1 aromatic carbocycles. The third kappa shape index (κ3) is 4.74. The van der Waals surface area contributed by atoms with Gasteiger partial charge in [0.05, 0.1) is 28.1 Å². The number of anilines is 3. The molecule has 4 amide bonds. The Balaban J connectivity index is 1.30. The molecule has 6 rings (SSSR count). The number of nitrogens with one attached hydrogen (secondary N) is 3. The number of benzene rings is 1. The lowest BCUT2D eigenvalue weighted by Gasteiger charge is -2.30. The van der Waals surface area contributed by atoms with Crippen molar-refractivity contribution in [1.82, 2.24) is 20.6 Å². The number of pyridine rings is 2. The van der Waals surface area contributed by atoms with Gasteiger partial charge < -0.3 is 16.0 Å². The predicted molar refractivity (Wildman–Crippen MR) is 152 cm³/mol. The lowest BCUT2D eigenvalue weighted by Crippen LogP contribution is -2.45. The Morgan fingerprint density at radius 1 is 1.05 bits per heavy atom. The number of aromatic nitrogens is 2. The van der Waals surface area contributed by atoms with Gasteiger partial charge >= 0.3 is 6.03 Å². The normalized spacial score (nSPS) is 18.4. The number of carbonyl (C=O) groups is 3. The first-order chi connectivity index (χ1) is 19.0. The van der Waals surface area contributed by atoms with Gasteiger partial charge in [-0.05, 0) is 50.0 Å². The van der Waals surface area contributed by atoms with Crippen molar-refractivity contribution >= 4 is 56.5 Å². The molecule has 10 heteroatoms. The fourth-order valence-electron chi connectivity index (χ4n) is 5.29. The average Bonchev–Trinajstić information content (AvgIpc) is 3.33. The molecule has 0 spiro atoms. The zero-order valence-corrected chi connectivity index (χ0v) is 21.8. The van der Waals surface area contributed by atoms with Gasteiger partial charge in [0.15, 0.2) is 0 Å². The summed E-state index contributed by atoms with van der Waals surface area (Å²) >= 11 is 1.25. The van der Waals surface area contributed by atoms with Gasteiger partial charge in [0.1, 0.15) is 9.71 Å². The van der Waals surface area contributed by atoms with Gasteiger partial charge in [-0.15, -0.1) is 11.3 Å². The first-order valence-electron chi connectivity index (χ1n) is 12.8. The van der Waals surface area contributed by atoms with Crippen LogP contribution in [0.4, 0.5) is 21.9 Å². The first kappa shape index (κ1) is 24.7. The average molecular weight is 539 g/mol. The van der Waals surface area contributed by atoms with Crippen LogP contribution in [0.5, 0.6) is 0 Å². The Hall–Kier alpha value is -4.57. The smallest absolute Gasteiger partial charge is 0.331 e. The van der Waals surface area contributed by atoms with Crippen LogP contribution >= 0.6 is 11.3 Å². The molecular formula is C29H26N6O3S. The standard InChI is InChI=1S/C29H26N6O3S/c1-2-23(36)32-18-9-6-10-19(15-18)33-27(37)26-25-24-22(12-14-31-28(24)39-26)35(29(38)34-25)20-11-13-30-21(16-20)17-7-4-3-5-8-17/h2-5,7-8,11-14,16,18-19H,1,6,9-10,15H2,(H,32,36)(H,33,37)(H,34,38)/t18-,19?/m0/s1. The van der Waals surface area contributed by atoms with E-state index in [9.17, 15) is 14.4 Å². The molecule has 1 unspecified atom stereocenters. The predicted octanol–water partition coefficient (Wildman–Crippen LogP) is 5.39. The number of rotatable bonds is 6. The molecule has 1 aliphatic heterocycles. The van der Waals surface area contributed by atoms with Crippen molar-refractivity contribution in [1.29, 1.82) is 0 Å². The molecule has 2 aliphatic rings. The molecule has 9 nitrogen and oxygen atoms in total. The monoisotopic (exact) mass is 538 g/mol. The van der Waals surface area contributed by atoms with Gasteiger partial charge in [-0.2, -0.15) is 0 Å². The summed E-state index contributed by atoms with van der Waals surface area (Å²) in [5.41, 5.74) is 3.48. The molecule has 3 aromatic heterocycles. The fraction of sp³-hybridized carbons (Fsp3) is 0.207. The number of amides is 4. The van der Waals surface area contributed by atoms with E-state index in [0.29, 0.717) is 33.2 Å². The van der Waals surface area contributed by atoms with Crippen molar-refractivity contribution in [2.75, 3.05) is 10.2 Å². The molecule has 39 heavy (non-hydrogen) atoms. The summed E-state index contributed by atoms with van der Waals surface area (Å²) < 4.78 is 0. The molecular weight excluding hydrogens is 512 g/mol. The molecule has 1 fully saturated rings. The minimum atomic E-state index is -0.363. The number of carbonyl (C=O) groups excluding carboxylic acids is 3. The lowest BCUT2D eigenvalue weighted by atomic mass is 9.91. The Labute approximate surface area is 229 Å². The lowest BCUT2D eigenvalue weighted by molar-refractivity contribution is -0.117. The van der Waals surface area contributed by atoms with E-state index in [1.165, 1.54) is 17.4 Å². The van der Waals surface area contributed by atoms with Crippen LogP contribution in [0.2, 0.25) is 0 Å². The summed E-state index contributed by atoms with van der Waals surface area (Å²) in [6.45, 7) is 3.51. The Kier molecular flexibility index (Phi) is 6.54. The third-order valence-corrected chi connectivity index (χ3v) is 8.16. The van der Waals surface area contributed by atoms with Crippen molar-refractivity contribution in [3.63, 3.8) is 0 Å². The largest absolute Gasteiger partial charge is 0.350 e. The molecule has 3 N–H and O–H groups in total. The van der Waals surface area contributed by atoms with Crippen LogP contribution in [0.1, 0.15) is 35.4 Å². The minimum absolute atomic E-state index is 0.0158. The highest BCUT2D eigenvalue weighted by molar-refractivity contribution is 7.21. The molecule has 0 saturated heterocycles. The maximum Gasteiger partial charge on any atom is 0.331 e. The van der Waals surface area contributed by atoms with Crippen molar-refractivity contribution in [3.05, 3.63) is 78.5 Å². The van der Waals surface area contributed by atoms with E-state index in [2.05, 4.69) is 32.5 Å². The number of hydrogen-bond donors (Lipinski definition) is 3. The minimum Gasteiger partial charge on any atom is -0.350 e. The Morgan fingerprint density at radius 2 is 1.82 bits per heavy atom. The number of urea groups is 1. The Bertz CT molecular complexity index is 1600. The summed E-state index contributed by atoms with van der Waals surface area (Å²) in [5, 5.41) is 9.72. The summed E-state index contributed by atoms with van der Waals surface area (Å²) in [6.07, 6.45) is 7.80. The highest BCUT2D eigenvalue weighted by atomic mass is 32.1. The van der Waals surface area contributed by atoms with Gasteiger partial charge in [-0.3, -0.25) is 19.5 Å². The molecule has 0 bridgehead atoms. The maximum absolute atomic E-state index is 13.5. The molecule has 2 atom stereocenters. The van der Waals surface area contributed by atoms with Gasteiger partial charge in [-0.1, -0.05) is 36.9 Å². The van der Waals surface area contributed by atoms with Crippen LogP contribution in [0.15, 0.2) is 73.6 Å². The summed E-state index contributed by atoms with van der Waals surface area (Å²) in [5.74, 6) is -0.472. The van der Waals surface area contributed by atoms with Gasteiger partial charge in [-0.25, -0.2) is 9.78 Å². The molecule has 4 heterocycles. The summed E-state index contributed by atoms with van der Waals surface area (Å²) in [6, 6.07) is 14.7. The zero-order valence-electron chi connectivity index (χ0n) is 21.0. The van der Waals surface area contributed by atoms with E-state index in [0.717, 1.165) is 35.9 Å². The second kappa shape index (κ2) is 10.3. The van der Waals surface area contributed by atoms with Crippen molar-refractivity contribution in [2.24, 2.45) is 0 Å². The van der Waals surface area contributed by atoms with Crippen LogP contribution in [0, 0.1) is 0 Å². The first-order valence-corrected chi connectivity index (χ1v) is 13.6. The van der Waals surface area contributed by atoms with E-state index >= 15 is 0 Å². The van der Waals surface area contributed by atoms with Crippen molar-refractivity contribution in [3.8, 4) is 11.3 Å². The van der Waals surface area contributed by atoms with E-state index in [1.54, 1.807) is 29.4 Å². The number of nitrogens with zero attached hydrogens (tertiary/aromatic N) is 3. The molecule has 196 valence electrons. The second-order valence-electron chi connectivity index (χ2n) is 9.59. The SMILES string of the molecule is C=CC(=O)N[C@H]1CCCC(NC(=O)c2sc3nccc4c3c2NC(=O)N4c2ccnc(-c3ccccc3)c2)C1. The van der Waals surface area contributed by atoms with Crippen molar-refractivity contribution in [2.45, 2.75) is 37.8 Å². The molecule has 4 aromatic rings. The maximum atomic E-state index is 13.5. The Morgan fingerprint density at radius 3 is 2.62 bits per heavy atom. The number of hydrogen-bond acceptors (Lipinski definition) is 6. The van der Waals surface area contributed by atoms with Crippen LogP contribution in [0.25, 0.3) is 21.5 Å². The molecule has 1 saturated carbocycles. The van der Waals surface area contributed by atoms with E-state index < -0.39 is 0 Å². The van der Waals surface area contributed by atoms with Crippen LogP contribution in [-0.2, 0) is 4.79 Å². The highest BCUT2D eigenvalue weighted by Gasteiger charge is 2.34.